The van der Waals surface area contributed by atoms with Crippen LogP contribution in [0.15, 0.2) is 41.3 Å². The number of thiophene rings is 1. The molecule has 2 aliphatic rings. The van der Waals surface area contributed by atoms with Crippen LogP contribution < -0.4 is 9.47 Å². The zero-order chi connectivity index (χ0) is 22.7. The molecule has 4 rings (SSSR count). The van der Waals surface area contributed by atoms with Crippen LogP contribution in [0.5, 0.6) is 11.5 Å². The number of carbonyl (C=O) groups is 2. The maximum atomic E-state index is 13.1. The number of likely N-dealkylation sites (tertiary alicyclic amines) is 1. The number of ketones is 1. The fourth-order valence-electron chi connectivity index (χ4n) is 4.19. The van der Waals surface area contributed by atoms with Gasteiger partial charge in [0.2, 0.25) is 0 Å². The van der Waals surface area contributed by atoms with Crippen molar-refractivity contribution in [1.29, 1.82) is 0 Å². The summed E-state index contributed by atoms with van der Waals surface area (Å²) in [5.41, 5.74) is 0.424. The van der Waals surface area contributed by atoms with Crippen molar-refractivity contribution in [3.05, 3.63) is 51.7 Å². The van der Waals surface area contributed by atoms with Crippen LogP contribution in [0.1, 0.15) is 43.2 Å². The number of nitrogens with zero attached hydrogens (tertiary/aromatic N) is 1. The van der Waals surface area contributed by atoms with E-state index in [4.69, 9.17) is 14.2 Å². The normalized spacial score (nSPS) is 22.5. The molecule has 2 aliphatic heterocycles. The highest BCUT2D eigenvalue weighted by molar-refractivity contribution is 7.10. The molecular weight excluding hydrogens is 430 g/mol. The third-order valence-electron chi connectivity index (χ3n) is 5.60. The predicted octanol–water partition coefficient (Wildman–Crippen LogP) is 4.15. The number of carbonyl (C=O) groups excluding carboxylic acids is 2. The van der Waals surface area contributed by atoms with Crippen molar-refractivity contribution < 1.29 is 28.9 Å². The summed E-state index contributed by atoms with van der Waals surface area (Å²) in [7, 11) is 0. The maximum Gasteiger partial charge on any atom is 0.295 e. The second kappa shape index (κ2) is 9.75. The number of aliphatic hydroxyl groups is 1. The summed E-state index contributed by atoms with van der Waals surface area (Å²) in [6, 6.07) is 8.13. The van der Waals surface area contributed by atoms with E-state index in [-0.39, 0.29) is 17.4 Å². The molecule has 0 spiro atoms. The van der Waals surface area contributed by atoms with Crippen molar-refractivity contribution in [3.63, 3.8) is 0 Å². The summed E-state index contributed by atoms with van der Waals surface area (Å²) in [5, 5.41) is 13.2. The Hall–Kier alpha value is -2.84. The monoisotopic (exact) mass is 457 g/mol. The highest BCUT2D eigenvalue weighted by Gasteiger charge is 2.47. The van der Waals surface area contributed by atoms with Gasteiger partial charge < -0.3 is 24.2 Å². The lowest BCUT2D eigenvalue weighted by Crippen LogP contribution is -2.36. The first kappa shape index (κ1) is 22.4. The van der Waals surface area contributed by atoms with E-state index in [1.807, 2.05) is 31.4 Å². The van der Waals surface area contributed by atoms with Crippen molar-refractivity contribution in [2.45, 2.75) is 38.8 Å². The minimum absolute atomic E-state index is 0.0700. The Labute approximate surface area is 191 Å². The van der Waals surface area contributed by atoms with Gasteiger partial charge in [-0.25, -0.2) is 0 Å². The highest BCUT2D eigenvalue weighted by atomic mass is 32.1. The van der Waals surface area contributed by atoms with Gasteiger partial charge in [-0.15, -0.1) is 11.3 Å². The van der Waals surface area contributed by atoms with Crippen LogP contribution in [0.2, 0.25) is 0 Å². The lowest BCUT2D eigenvalue weighted by molar-refractivity contribution is -0.140. The molecule has 3 heterocycles. The fourth-order valence-corrected chi connectivity index (χ4v) is 5.04. The topological polar surface area (TPSA) is 85.3 Å². The van der Waals surface area contributed by atoms with E-state index < -0.39 is 17.7 Å². The van der Waals surface area contributed by atoms with E-state index in [9.17, 15) is 14.7 Å². The molecule has 32 heavy (non-hydrogen) atoms. The molecule has 2 saturated heterocycles. The van der Waals surface area contributed by atoms with Gasteiger partial charge >= 0.3 is 0 Å². The average Bonchev–Trinajstić information content (AvgIpc) is 3.53. The van der Waals surface area contributed by atoms with Gasteiger partial charge in [0, 0.05) is 24.1 Å². The summed E-state index contributed by atoms with van der Waals surface area (Å²) in [5.74, 6) is -0.574. The van der Waals surface area contributed by atoms with Crippen LogP contribution in [0.25, 0.3) is 5.76 Å². The molecule has 1 aromatic carbocycles. The summed E-state index contributed by atoms with van der Waals surface area (Å²) >= 11 is 1.44. The molecule has 8 heteroatoms. The Morgan fingerprint density at radius 3 is 2.69 bits per heavy atom. The lowest BCUT2D eigenvalue weighted by atomic mass is 9.99. The first-order valence-corrected chi connectivity index (χ1v) is 11.8. The van der Waals surface area contributed by atoms with E-state index in [1.54, 1.807) is 18.2 Å². The van der Waals surface area contributed by atoms with Crippen LogP contribution in [0.4, 0.5) is 0 Å². The highest BCUT2D eigenvalue weighted by Crippen LogP contribution is 2.43. The quantitative estimate of drug-likeness (QED) is 0.364. The molecular formula is C24H27NO6S. The Kier molecular flexibility index (Phi) is 6.81. The van der Waals surface area contributed by atoms with Gasteiger partial charge in [0.1, 0.15) is 17.3 Å². The smallest absolute Gasteiger partial charge is 0.295 e. The van der Waals surface area contributed by atoms with Crippen molar-refractivity contribution in [1.82, 2.24) is 4.90 Å². The number of rotatable bonds is 8. The summed E-state index contributed by atoms with van der Waals surface area (Å²) in [6.07, 6.45) is 1.66. The number of ether oxygens (including phenoxy) is 3. The standard InChI is InChI=1S/C24H27NO6S/c1-3-29-15-9-10-17(18(13-15)30-4-2)22(26)20-21(19-8-6-12-32-19)25(24(28)23(20)27)14-16-7-5-11-31-16/h6,8-10,12-13,16,21,26H,3-5,7,11,14H2,1-2H3/b22-20-. The number of hydrogen-bond donors (Lipinski definition) is 1. The van der Waals surface area contributed by atoms with Crippen molar-refractivity contribution in [2.75, 3.05) is 26.4 Å². The summed E-state index contributed by atoms with van der Waals surface area (Å²) in [4.78, 5) is 28.5. The molecule has 1 aromatic heterocycles. The molecule has 2 atom stereocenters. The Balaban J connectivity index is 1.80. The van der Waals surface area contributed by atoms with Crippen LogP contribution in [0, 0.1) is 0 Å². The molecule has 0 aliphatic carbocycles. The van der Waals surface area contributed by atoms with Crippen LogP contribution >= 0.6 is 11.3 Å². The van der Waals surface area contributed by atoms with E-state index in [0.717, 1.165) is 17.7 Å². The Morgan fingerprint density at radius 2 is 2.03 bits per heavy atom. The molecule has 0 saturated carbocycles. The molecule has 1 amide bonds. The summed E-state index contributed by atoms with van der Waals surface area (Å²) < 4.78 is 17.0. The zero-order valence-electron chi connectivity index (χ0n) is 18.2. The van der Waals surface area contributed by atoms with Gasteiger partial charge in [-0.1, -0.05) is 6.07 Å². The van der Waals surface area contributed by atoms with Gasteiger partial charge in [-0.2, -0.15) is 0 Å². The van der Waals surface area contributed by atoms with Crippen LogP contribution in [0.3, 0.4) is 0 Å². The van der Waals surface area contributed by atoms with Gasteiger partial charge in [0.25, 0.3) is 11.7 Å². The molecule has 7 nitrogen and oxygen atoms in total. The third-order valence-corrected chi connectivity index (χ3v) is 6.52. The second-order valence-electron chi connectivity index (χ2n) is 7.63. The van der Waals surface area contributed by atoms with Gasteiger partial charge in [0.05, 0.1) is 36.5 Å². The number of hydrogen-bond acceptors (Lipinski definition) is 7. The Morgan fingerprint density at radius 1 is 1.22 bits per heavy atom. The largest absolute Gasteiger partial charge is 0.507 e. The SMILES string of the molecule is CCOc1ccc(/C(O)=C2/C(=O)C(=O)N(CC3CCCO3)C2c2cccs2)c(OCC)c1. The molecule has 170 valence electrons. The minimum Gasteiger partial charge on any atom is -0.507 e. The number of aliphatic hydroxyl groups excluding tert-OH is 1. The van der Waals surface area contributed by atoms with E-state index in [0.29, 0.717) is 43.4 Å². The lowest BCUT2D eigenvalue weighted by Gasteiger charge is -2.26. The van der Waals surface area contributed by atoms with Crippen LogP contribution in [-0.4, -0.2) is 54.2 Å². The van der Waals surface area contributed by atoms with Gasteiger partial charge in [0.15, 0.2) is 0 Å². The predicted molar refractivity (Wildman–Crippen MR) is 121 cm³/mol. The van der Waals surface area contributed by atoms with E-state index in [1.165, 1.54) is 16.2 Å². The number of amides is 1. The van der Waals surface area contributed by atoms with Crippen molar-refractivity contribution in [3.8, 4) is 11.5 Å². The van der Waals surface area contributed by atoms with Crippen LogP contribution in [-0.2, 0) is 14.3 Å². The Bertz CT molecular complexity index is 1010. The first-order valence-electron chi connectivity index (χ1n) is 10.9. The zero-order valence-corrected chi connectivity index (χ0v) is 19.0. The number of Topliss-reactive ketones (excluding diaryl/α,β-unsaturated/α-hetero) is 1. The van der Waals surface area contributed by atoms with Crippen molar-refractivity contribution >= 4 is 28.8 Å². The van der Waals surface area contributed by atoms with E-state index in [2.05, 4.69) is 0 Å². The molecule has 0 bridgehead atoms. The second-order valence-corrected chi connectivity index (χ2v) is 8.61. The third kappa shape index (κ3) is 4.25. The van der Waals surface area contributed by atoms with Gasteiger partial charge in [-0.05, 0) is 50.3 Å². The van der Waals surface area contributed by atoms with Crippen molar-refractivity contribution in [2.24, 2.45) is 0 Å². The van der Waals surface area contributed by atoms with E-state index >= 15 is 0 Å². The molecule has 1 N–H and O–H groups in total. The van der Waals surface area contributed by atoms with Gasteiger partial charge in [-0.3, -0.25) is 9.59 Å². The molecule has 2 fully saturated rings. The minimum atomic E-state index is -0.699. The maximum absolute atomic E-state index is 13.1. The average molecular weight is 458 g/mol. The molecule has 0 radical (unpaired) electrons. The number of benzene rings is 1. The molecule has 2 aromatic rings. The summed E-state index contributed by atoms with van der Waals surface area (Å²) in [6.45, 7) is 5.54. The fraction of sp³-hybridized carbons (Fsp3) is 0.417. The first-order chi connectivity index (χ1) is 15.5. The molecule has 2 unspecified atom stereocenters.